The molecule has 0 radical (unpaired) electrons. The molecule has 26 heavy (non-hydrogen) atoms. The summed E-state index contributed by atoms with van der Waals surface area (Å²) < 4.78 is 5.22. The lowest BCUT2D eigenvalue weighted by Gasteiger charge is -2.35. The van der Waals surface area contributed by atoms with Gasteiger partial charge in [0.2, 0.25) is 0 Å². The number of aryl methyl sites for hydroxylation is 1. The quantitative estimate of drug-likeness (QED) is 0.855. The lowest BCUT2D eigenvalue weighted by Crippen LogP contribution is -2.40. The molecule has 0 bridgehead atoms. The molecule has 138 valence electrons. The van der Waals surface area contributed by atoms with Crippen LogP contribution < -0.4 is 10.1 Å². The first-order valence-corrected chi connectivity index (χ1v) is 9.40. The summed E-state index contributed by atoms with van der Waals surface area (Å²) in [6.45, 7) is 4.89. The number of likely N-dealkylation sites (tertiary alicyclic amines) is 1. The minimum atomic E-state index is -0.0574. The molecule has 3 rings (SSSR count). The van der Waals surface area contributed by atoms with Crippen LogP contribution in [0.2, 0.25) is 0 Å². The number of hydrogen-bond donors (Lipinski definition) is 1. The van der Waals surface area contributed by atoms with Gasteiger partial charge in [0.05, 0.1) is 13.2 Å². The van der Waals surface area contributed by atoms with Crippen LogP contribution in [0, 0.1) is 6.92 Å². The number of ether oxygens (including phenoxy) is 1. The van der Waals surface area contributed by atoms with Crippen LogP contribution in [-0.4, -0.2) is 37.6 Å². The average Bonchev–Trinajstić information content (AvgIpc) is 2.70. The first-order chi connectivity index (χ1) is 12.7. The smallest absolute Gasteiger partial charge is 0.251 e. The highest BCUT2D eigenvalue weighted by molar-refractivity contribution is 5.94. The van der Waals surface area contributed by atoms with E-state index < -0.39 is 0 Å². The SMILES string of the molecule is COc1cccc(C(=O)NCC(c2ccc(C)cc2)N2CCCCC2)c1. The maximum atomic E-state index is 12.6. The van der Waals surface area contributed by atoms with Gasteiger partial charge < -0.3 is 10.1 Å². The number of methoxy groups -OCH3 is 1. The monoisotopic (exact) mass is 352 g/mol. The van der Waals surface area contributed by atoms with Crippen molar-refractivity contribution in [2.24, 2.45) is 0 Å². The van der Waals surface area contributed by atoms with Crippen molar-refractivity contribution in [1.29, 1.82) is 0 Å². The number of amides is 1. The molecule has 0 spiro atoms. The molecule has 0 aromatic heterocycles. The summed E-state index contributed by atoms with van der Waals surface area (Å²) in [5, 5.41) is 3.12. The molecule has 1 aliphatic heterocycles. The van der Waals surface area contributed by atoms with E-state index in [2.05, 4.69) is 41.4 Å². The van der Waals surface area contributed by atoms with Crippen molar-refractivity contribution in [3.05, 3.63) is 65.2 Å². The first kappa shape index (κ1) is 18.5. The zero-order valence-electron chi connectivity index (χ0n) is 15.7. The number of rotatable bonds is 6. The third-order valence-corrected chi connectivity index (χ3v) is 5.08. The number of carbonyl (C=O) groups excluding carboxylic acids is 1. The molecule has 2 aromatic rings. The minimum Gasteiger partial charge on any atom is -0.497 e. The predicted octanol–water partition coefficient (Wildman–Crippen LogP) is 3.96. The Morgan fingerprint density at radius 3 is 2.54 bits per heavy atom. The summed E-state index contributed by atoms with van der Waals surface area (Å²) in [7, 11) is 1.61. The number of hydrogen-bond acceptors (Lipinski definition) is 3. The Hall–Kier alpha value is -2.33. The lowest BCUT2D eigenvalue weighted by atomic mass is 10.0. The number of nitrogens with one attached hydrogen (secondary N) is 1. The molecular formula is C22H28N2O2. The number of piperidine rings is 1. The topological polar surface area (TPSA) is 41.6 Å². The second-order valence-corrected chi connectivity index (χ2v) is 6.97. The van der Waals surface area contributed by atoms with Crippen molar-refractivity contribution in [3.8, 4) is 5.75 Å². The van der Waals surface area contributed by atoms with Crippen LogP contribution in [0.25, 0.3) is 0 Å². The van der Waals surface area contributed by atoms with Crippen LogP contribution in [0.1, 0.15) is 46.8 Å². The maximum absolute atomic E-state index is 12.6. The Labute approximate surface area is 156 Å². The molecule has 0 saturated carbocycles. The molecule has 2 aromatic carbocycles. The van der Waals surface area contributed by atoms with Gasteiger partial charge in [-0.15, -0.1) is 0 Å². The van der Waals surface area contributed by atoms with Crippen molar-refractivity contribution in [1.82, 2.24) is 10.2 Å². The molecule has 1 aliphatic rings. The number of carbonyl (C=O) groups is 1. The normalized spacial score (nSPS) is 16.1. The van der Waals surface area contributed by atoms with Gasteiger partial charge in [0, 0.05) is 12.1 Å². The largest absolute Gasteiger partial charge is 0.497 e. The van der Waals surface area contributed by atoms with Crippen LogP contribution in [0.3, 0.4) is 0 Å². The van der Waals surface area contributed by atoms with Gasteiger partial charge in [0.15, 0.2) is 0 Å². The standard InChI is InChI=1S/C22H28N2O2/c1-17-9-11-18(12-10-17)21(24-13-4-3-5-14-24)16-23-22(25)19-7-6-8-20(15-19)26-2/h6-12,15,21H,3-5,13-14,16H2,1-2H3,(H,23,25). The van der Waals surface area contributed by atoms with Gasteiger partial charge >= 0.3 is 0 Å². The Bertz CT molecular complexity index is 721. The van der Waals surface area contributed by atoms with Gasteiger partial charge in [-0.25, -0.2) is 0 Å². The Morgan fingerprint density at radius 2 is 1.85 bits per heavy atom. The summed E-state index contributed by atoms with van der Waals surface area (Å²) in [5.74, 6) is 0.641. The van der Waals surface area contributed by atoms with Crippen molar-refractivity contribution >= 4 is 5.91 Å². The molecule has 1 fully saturated rings. The molecule has 0 aliphatic carbocycles. The molecule has 1 N–H and O–H groups in total. The van der Waals surface area contributed by atoms with E-state index in [1.165, 1.54) is 30.4 Å². The van der Waals surface area contributed by atoms with Crippen molar-refractivity contribution < 1.29 is 9.53 Å². The molecule has 1 saturated heterocycles. The van der Waals surface area contributed by atoms with Crippen molar-refractivity contribution in [2.75, 3.05) is 26.7 Å². The zero-order valence-corrected chi connectivity index (χ0v) is 15.7. The molecule has 4 nitrogen and oxygen atoms in total. The molecule has 1 unspecified atom stereocenters. The van der Waals surface area contributed by atoms with Crippen LogP contribution in [0.5, 0.6) is 5.75 Å². The molecule has 1 atom stereocenters. The van der Waals surface area contributed by atoms with Crippen molar-refractivity contribution in [2.45, 2.75) is 32.2 Å². The van der Waals surface area contributed by atoms with Gasteiger partial charge in [-0.1, -0.05) is 42.3 Å². The van der Waals surface area contributed by atoms with Crippen LogP contribution in [-0.2, 0) is 0 Å². The second-order valence-electron chi connectivity index (χ2n) is 6.97. The molecular weight excluding hydrogens is 324 g/mol. The van der Waals surface area contributed by atoms with E-state index in [1.54, 1.807) is 13.2 Å². The number of nitrogens with zero attached hydrogens (tertiary/aromatic N) is 1. The third-order valence-electron chi connectivity index (χ3n) is 5.08. The van der Waals surface area contributed by atoms with E-state index in [0.717, 1.165) is 13.1 Å². The Morgan fingerprint density at radius 1 is 1.12 bits per heavy atom. The highest BCUT2D eigenvalue weighted by atomic mass is 16.5. The van der Waals surface area contributed by atoms with Crippen molar-refractivity contribution in [3.63, 3.8) is 0 Å². The van der Waals surface area contributed by atoms with E-state index in [0.29, 0.717) is 17.9 Å². The minimum absolute atomic E-state index is 0.0574. The highest BCUT2D eigenvalue weighted by Gasteiger charge is 2.23. The van der Waals surface area contributed by atoms with Gasteiger partial charge in [-0.2, -0.15) is 0 Å². The van der Waals surface area contributed by atoms with E-state index >= 15 is 0 Å². The fraction of sp³-hybridized carbons (Fsp3) is 0.409. The Kier molecular flexibility index (Phi) is 6.29. The molecule has 1 amide bonds. The van der Waals surface area contributed by atoms with Crippen LogP contribution >= 0.6 is 0 Å². The summed E-state index contributed by atoms with van der Waals surface area (Å²) in [6, 6.07) is 16.2. The molecule has 4 heteroatoms. The van der Waals surface area contributed by atoms with E-state index in [1.807, 2.05) is 18.2 Å². The third kappa shape index (κ3) is 4.64. The Balaban J connectivity index is 1.72. The summed E-state index contributed by atoms with van der Waals surface area (Å²) in [5.41, 5.74) is 3.15. The average molecular weight is 352 g/mol. The maximum Gasteiger partial charge on any atom is 0.251 e. The summed E-state index contributed by atoms with van der Waals surface area (Å²) >= 11 is 0. The first-order valence-electron chi connectivity index (χ1n) is 9.40. The van der Waals surface area contributed by atoms with E-state index in [4.69, 9.17) is 4.74 Å². The van der Waals surface area contributed by atoms with Gasteiger partial charge in [-0.3, -0.25) is 9.69 Å². The highest BCUT2D eigenvalue weighted by Crippen LogP contribution is 2.24. The van der Waals surface area contributed by atoms with Gasteiger partial charge in [0.1, 0.15) is 5.75 Å². The van der Waals surface area contributed by atoms with Crippen LogP contribution in [0.4, 0.5) is 0 Å². The van der Waals surface area contributed by atoms with Gasteiger partial charge in [0.25, 0.3) is 5.91 Å². The summed E-state index contributed by atoms with van der Waals surface area (Å²) in [6.07, 6.45) is 3.76. The second kappa shape index (κ2) is 8.86. The van der Waals surface area contributed by atoms with Crippen LogP contribution in [0.15, 0.2) is 48.5 Å². The number of benzene rings is 2. The summed E-state index contributed by atoms with van der Waals surface area (Å²) in [4.78, 5) is 15.1. The predicted molar refractivity (Wildman–Crippen MR) is 105 cm³/mol. The van der Waals surface area contributed by atoms with Gasteiger partial charge in [-0.05, 0) is 56.6 Å². The van der Waals surface area contributed by atoms with E-state index in [9.17, 15) is 4.79 Å². The fourth-order valence-electron chi connectivity index (χ4n) is 3.53. The fourth-order valence-corrected chi connectivity index (χ4v) is 3.53. The molecule has 1 heterocycles. The zero-order chi connectivity index (χ0) is 18.4. The van der Waals surface area contributed by atoms with E-state index in [-0.39, 0.29) is 11.9 Å². The lowest BCUT2D eigenvalue weighted by molar-refractivity contribution is 0.0924.